The molecular formula is C13H13ClN4O3. The van der Waals surface area contributed by atoms with Gasteiger partial charge >= 0.3 is 0 Å². The first kappa shape index (κ1) is 14.0. The van der Waals surface area contributed by atoms with E-state index >= 15 is 0 Å². The van der Waals surface area contributed by atoms with Crippen LogP contribution < -0.4 is 0 Å². The predicted octanol–water partition coefficient (Wildman–Crippen LogP) is 1.64. The Morgan fingerprint density at radius 1 is 1.48 bits per heavy atom. The first-order valence-corrected chi connectivity index (χ1v) is 6.83. The smallest absolute Gasteiger partial charge is 0.273 e. The van der Waals surface area contributed by atoms with Crippen molar-refractivity contribution in [2.24, 2.45) is 0 Å². The van der Waals surface area contributed by atoms with E-state index in [4.69, 9.17) is 20.9 Å². The molecule has 1 saturated heterocycles. The molecule has 0 saturated carbocycles. The van der Waals surface area contributed by atoms with E-state index in [0.29, 0.717) is 42.2 Å². The topological polar surface area (TPSA) is 81.4 Å². The van der Waals surface area contributed by atoms with Crippen LogP contribution in [0.4, 0.5) is 0 Å². The summed E-state index contributed by atoms with van der Waals surface area (Å²) >= 11 is 5.79. The lowest BCUT2D eigenvalue weighted by atomic mass is 10.2. The minimum Gasteiger partial charge on any atom is -0.377 e. The van der Waals surface area contributed by atoms with Gasteiger partial charge in [0.15, 0.2) is 5.82 Å². The lowest BCUT2D eigenvalue weighted by Gasteiger charge is -2.33. The Kier molecular flexibility index (Phi) is 3.85. The van der Waals surface area contributed by atoms with Gasteiger partial charge in [-0.2, -0.15) is 4.98 Å². The van der Waals surface area contributed by atoms with Gasteiger partial charge in [0.05, 0.1) is 18.2 Å². The molecule has 0 radical (unpaired) electrons. The van der Waals surface area contributed by atoms with Crippen LogP contribution in [-0.2, 0) is 4.74 Å². The molecule has 1 atom stereocenters. The van der Waals surface area contributed by atoms with Crippen LogP contribution in [0.3, 0.4) is 0 Å². The summed E-state index contributed by atoms with van der Waals surface area (Å²) in [6.07, 6.45) is 1.45. The van der Waals surface area contributed by atoms with Gasteiger partial charge in [-0.1, -0.05) is 16.8 Å². The minimum absolute atomic E-state index is 0.212. The molecule has 0 N–H and O–H groups in total. The normalized spacial score (nSPS) is 18.8. The zero-order chi connectivity index (χ0) is 14.8. The van der Waals surface area contributed by atoms with Gasteiger partial charge in [-0.15, -0.1) is 0 Å². The lowest BCUT2D eigenvalue weighted by molar-refractivity contribution is -0.0122. The van der Waals surface area contributed by atoms with E-state index in [-0.39, 0.29) is 5.91 Å². The molecule has 0 aromatic carbocycles. The number of hydrogen-bond donors (Lipinski definition) is 0. The second-order valence-corrected chi connectivity index (χ2v) is 5.07. The molecule has 1 aliphatic heterocycles. The summed E-state index contributed by atoms with van der Waals surface area (Å²) in [5.41, 5.74) is 0.322. The van der Waals surface area contributed by atoms with Crippen LogP contribution in [0.5, 0.6) is 0 Å². The number of halogens is 1. The molecule has 1 amide bonds. The van der Waals surface area contributed by atoms with Crippen LogP contribution >= 0.6 is 11.6 Å². The number of ether oxygens (including phenoxy) is 1. The molecule has 3 rings (SSSR count). The molecule has 1 fully saturated rings. The van der Waals surface area contributed by atoms with Crippen molar-refractivity contribution in [2.45, 2.75) is 13.0 Å². The third-order valence-corrected chi connectivity index (χ3v) is 3.39. The van der Waals surface area contributed by atoms with Crippen LogP contribution in [0, 0.1) is 6.92 Å². The van der Waals surface area contributed by atoms with Crippen LogP contribution in [0.2, 0.25) is 5.02 Å². The summed E-state index contributed by atoms with van der Waals surface area (Å²) in [7, 11) is 0. The minimum atomic E-state index is -0.398. The fourth-order valence-corrected chi connectivity index (χ4v) is 2.26. The van der Waals surface area contributed by atoms with Gasteiger partial charge in [0.1, 0.15) is 11.7 Å². The molecular weight excluding hydrogens is 296 g/mol. The average Bonchev–Trinajstić information content (AvgIpc) is 2.94. The molecule has 21 heavy (non-hydrogen) atoms. The van der Waals surface area contributed by atoms with Gasteiger partial charge in [0, 0.05) is 12.7 Å². The summed E-state index contributed by atoms with van der Waals surface area (Å²) in [4.78, 5) is 22.4. The molecule has 2 aromatic heterocycles. The average molecular weight is 309 g/mol. The molecule has 0 spiro atoms. The van der Waals surface area contributed by atoms with Crippen LogP contribution in [-0.4, -0.2) is 45.7 Å². The van der Waals surface area contributed by atoms with Crippen molar-refractivity contribution in [1.82, 2.24) is 20.0 Å². The summed E-state index contributed by atoms with van der Waals surface area (Å²) in [5.74, 6) is 0.679. The maximum atomic E-state index is 12.6. The molecule has 1 unspecified atom stereocenters. The van der Waals surface area contributed by atoms with E-state index in [0.717, 1.165) is 0 Å². The number of pyridine rings is 1. The van der Waals surface area contributed by atoms with E-state index < -0.39 is 6.04 Å². The first-order chi connectivity index (χ1) is 10.1. The molecule has 3 heterocycles. The van der Waals surface area contributed by atoms with E-state index in [1.54, 1.807) is 24.0 Å². The number of nitrogens with zero attached hydrogens (tertiary/aromatic N) is 4. The maximum absolute atomic E-state index is 12.6. The first-order valence-electron chi connectivity index (χ1n) is 6.45. The quantitative estimate of drug-likeness (QED) is 0.839. The fraction of sp³-hybridized carbons (Fsp3) is 0.385. The highest BCUT2D eigenvalue weighted by Gasteiger charge is 2.33. The second-order valence-electron chi connectivity index (χ2n) is 4.63. The number of aromatic nitrogens is 3. The second kappa shape index (κ2) is 5.79. The molecule has 1 aliphatic rings. The highest BCUT2D eigenvalue weighted by molar-refractivity contribution is 6.30. The number of amides is 1. The monoisotopic (exact) mass is 308 g/mol. The molecule has 110 valence electrons. The van der Waals surface area contributed by atoms with E-state index in [9.17, 15) is 4.79 Å². The largest absolute Gasteiger partial charge is 0.377 e. The predicted molar refractivity (Wildman–Crippen MR) is 72.9 cm³/mol. The van der Waals surface area contributed by atoms with Crippen LogP contribution in [0.15, 0.2) is 22.9 Å². The molecule has 0 bridgehead atoms. The summed E-state index contributed by atoms with van der Waals surface area (Å²) in [6, 6.07) is 2.83. The van der Waals surface area contributed by atoms with Crippen LogP contribution in [0.25, 0.3) is 0 Å². The number of carbonyl (C=O) groups excluding carboxylic acids is 1. The third kappa shape index (κ3) is 2.88. The van der Waals surface area contributed by atoms with Gasteiger partial charge in [0.2, 0.25) is 0 Å². The number of aryl methyl sites for hydroxylation is 1. The molecule has 7 nitrogen and oxygen atoms in total. The Hall–Kier alpha value is -1.99. The Labute approximate surface area is 125 Å². The standard InChI is InChI=1S/C13H13ClN4O3/c1-8-16-12(21-17-8)11-7-20-5-4-18(11)13(19)10-3-2-9(14)6-15-10/h2-3,6,11H,4-5,7H2,1H3. The summed E-state index contributed by atoms with van der Waals surface area (Å²) in [6.45, 7) is 2.95. The summed E-state index contributed by atoms with van der Waals surface area (Å²) < 4.78 is 10.6. The van der Waals surface area contributed by atoms with Gasteiger partial charge in [-0.05, 0) is 19.1 Å². The third-order valence-electron chi connectivity index (χ3n) is 3.16. The SMILES string of the molecule is Cc1noc(C2COCCN2C(=O)c2ccc(Cl)cn2)n1. The van der Waals surface area contributed by atoms with Crippen molar-refractivity contribution in [3.05, 3.63) is 40.8 Å². The van der Waals surface area contributed by atoms with Crippen molar-refractivity contribution >= 4 is 17.5 Å². The number of carbonyl (C=O) groups is 1. The van der Waals surface area contributed by atoms with Gasteiger partial charge in [-0.3, -0.25) is 4.79 Å². The van der Waals surface area contributed by atoms with Crippen LogP contribution in [0.1, 0.15) is 28.2 Å². The molecule has 0 aliphatic carbocycles. The van der Waals surface area contributed by atoms with Gasteiger partial charge in [0.25, 0.3) is 11.8 Å². The zero-order valence-corrected chi connectivity index (χ0v) is 12.1. The Balaban J connectivity index is 1.87. The maximum Gasteiger partial charge on any atom is 0.273 e. The fourth-order valence-electron chi connectivity index (χ4n) is 2.15. The van der Waals surface area contributed by atoms with Crippen molar-refractivity contribution in [3.63, 3.8) is 0 Å². The van der Waals surface area contributed by atoms with Crippen molar-refractivity contribution in [3.8, 4) is 0 Å². The van der Waals surface area contributed by atoms with E-state index in [1.807, 2.05) is 0 Å². The van der Waals surface area contributed by atoms with Crippen molar-refractivity contribution in [1.29, 1.82) is 0 Å². The summed E-state index contributed by atoms with van der Waals surface area (Å²) in [5, 5.41) is 4.24. The van der Waals surface area contributed by atoms with E-state index in [2.05, 4.69) is 15.1 Å². The van der Waals surface area contributed by atoms with Gasteiger partial charge < -0.3 is 14.2 Å². The molecule has 8 heteroatoms. The van der Waals surface area contributed by atoms with Crippen molar-refractivity contribution < 1.29 is 14.1 Å². The Morgan fingerprint density at radius 3 is 3.00 bits per heavy atom. The number of rotatable bonds is 2. The highest BCUT2D eigenvalue weighted by atomic mass is 35.5. The highest BCUT2D eigenvalue weighted by Crippen LogP contribution is 2.24. The zero-order valence-electron chi connectivity index (χ0n) is 11.3. The van der Waals surface area contributed by atoms with Gasteiger partial charge in [-0.25, -0.2) is 4.98 Å². The number of hydrogen-bond acceptors (Lipinski definition) is 6. The Morgan fingerprint density at radius 2 is 2.33 bits per heavy atom. The number of morpholine rings is 1. The molecule has 2 aromatic rings. The van der Waals surface area contributed by atoms with E-state index in [1.165, 1.54) is 6.20 Å². The lowest BCUT2D eigenvalue weighted by Crippen LogP contribution is -2.43. The van der Waals surface area contributed by atoms with Crippen molar-refractivity contribution in [2.75, 3.05) is 19.8 Å². The Bertz CT molecular complexity index is 643.